The second-order valence-electron chi connectivity index (χ2n) is 7.42. The van der Waals surface area contributed by atoms with Crippen LogP contribution in [-0.4, -0.2) is 14.4 Å². The Kier molecular flexibility index (Phi) is 3.69. The number of benzene rings is 1. The molecule has 0 unspecified atom stereocenters. The number of hydrogen-bond donors (Lipinski definition) is 0. The van der Waals surface area contributed by atoms with Gasteiger partial charge in [-0.05, 0) is 46.6 Å². The molecule has 0 aliphatic carbocycles. The minimum atomic E-state index is 0.0130. The first-order chi connectivity index (χ1) is 11.9. The summed E-state index contributed by atoms with van der Waals surface area (Å²) in [5.74, 6) is 0. The van der Waals surface area contributed by atoms with E-state index >= 15 is 0 Å². The number of imidazole rings is 1. The molecular weight excluding hydrogens is 374 g/mol. The zero-order valence-corrected chi connectivity index (χ0v) is 16.4. The van der Waals surface area contributed by atoms with Gasteiger partial charge in [0.2, 0.25) is 0 Å². The number of nitrogens with zero attached hydrogens (tertiary/aromatic N) is 3. The summed E-state index contributed by atoms with van der Waals surface area (Å²) in [6, 6.07) is 16.8. The van der Waals surface area contributed by atoms with Crippen molar-refractivity contribution in [1.29, 1.82) is 0 Å². The molecule has 4 heteroatoms. The monoisotopic (exact) mass is 393 g/mol. The van der Waals surface area contributed by atoms with Crippen LogP contribution >= 0.6 is 15.9 Å². The van der Waals surface area contributed by atoms with Gasteiger partial charge in [-0.25, -0.2) is 4.98 Å². The number of halogens is 1. The third-order valence-electron chi connectivity index (χ3n) is 4.57. The van der Waals surface area contributed by atoms with E-state index in [1.54, 1.807) is 0 Å². The van der Waals surface area contributed by atoms with E-state index < -0.39 is 0 Å². The lowest BCUT2D eigenvalue weighted by Crippen LogP contribution is -2.13. The lowest BCUT2D eigenvalue weighted by molar-refractivity contribution is 0.571. The Bertz CT molecular complexity index is 1090. The third-order valence-corrected chi connectivity index (χ3v) is 5.32. The Balaban J connectivity index is 2.14. The standard InChI is InChI=1S/C21H20BrN3/c1-13-19(22)24-20-15-10-11-18(21(2,3)4)23-16(15)12-17(25(13)20)14-8-6-5-7-9-14/h5-12H,1-4H3. The molecule has 0 saturated carbocycles. The fourth-order valence-electron chi connectivity index (χ4n) is 3.16. The van der Waals surface area contributed by atoms with Crippen molar-refractivity contribution in [3.63, 3.8) is 0 Å². The van der Waals surface area contributed by atoms with E-state index in [1.807, 2.05) is 6.07 Å². The maximum atomic E-state index is 4.95. The molecule has 3 nitrogen and oxygen atoms in total. The highest BCUT2D eigenvalue weighted by Gasteiger charge is 2.19. The van der Waals surface area contributed by atoms with E-state index in [1.165, 1.54) is 0 Å². The van der Waals surface area contributed by atoms with E-state index in [0.29, 0.717) is 0 Å². The second-order valence-corrected chi connectivity index (χ2v) is 8.17. The lowest BCUT2D eigenvalue weighted by atomic mass is 9.91. The maximum absolute atomic E-state index is 4.95. The summed E-state index contributed by atoms with van der Waals surface area (Å²) in [4.78, 5) is 9.71. The van der Waals surface area contributed by atoms with Crippen molar-refractivity contribution in [3.05, 3.63) is 64.5 Å². The Hall–Kier alpha value is -2.20. The van der Waals surface area contributed by atoms with Gasteiger partial charge in [0.25, 0.3) is 0 Å². The van der Waals surface area contributed by atoms with Crippen LogP contribution < -0.4 is 0 Å². The van der Waals surface area contributed by atoms with Gasteiger partial charge in [0, 0.05) is 16.5 Å². The van der Waals surface area contributed by atoms with Gasteiger partial charge in [-0.1, -0.05) is 51.1 Å². The molecule has 3 heterocycles. The molecule has 0 saturated heterocycles. The molecule has 0 fully saturated rings. The predicted molar refractivity (Wildman–Crippen MR) is 107 cm³/mol. The first-order valence-corrected chi connectivity index (χ1v) is 9.20. The van der Waals surface area contributed by atoms with Crippen molar-refractivity contribution < 1.29 is 0 Å². The summed E-state index contributed by atoms with van der Waals surface area (Å²) in [6.45, 7) is 8.65. The molecule has 25 heavy (non-hydrogen) atoms. The van der Waals surface area contributed by atoms with E-state index in [2.05, 4.69) is 90.5 Å². The highest BCUT2D eigenvalue weighted by molar-refractivity contribution is 9.10. The molecule has 0 bridgehead atoms. The van der Waals surface area contributed by atoms with Crippen molar-refractivity contribution >= 4 is 32.5 Å². The Labute approximate surface area is 155 Å². The van der Waals surface area contributed by atoms with Crippen LogP contribution in [0.1, 0.15) is 32.2 Å². The third kappa shape index (κ3) is 2.65. The summed E-state index contributed by atoms with van der Waals surface area (Å²) in [6.07, 6.45) is 0. The summed E-state index contributed by atoms with van der Waals surface area (Å²) in [5, 5.41) is 1.07. The molecule has 0 aliphatic rings. The minimum Gasteiger partial charge on any atom is -0.295 e. The average molecular weight is 394 g/mol. The van der Waals surface area contributed by atoms with Crippen LogP contribution in [0.15, 0.2) is 53.1 Å². The van der Waals surface area contributed by atoms with Crippen LogP contribution in [0.4, 0.5) is 0 Å². The SMILES string of the molecule is Cc1c(Br)nc2c3ccc(C(C)(C)C)nc3cc(-c3ccccc3)n12. The van der Waals surface area contributed by atoms with E-state index in [-0.39, 0.29) is 5.41 Å². The normalized spacial score (nSPS) is 12.2. The highest BCUT2D eigenvalue weighted by Crippen LogP contribution is 2.32. The molecular formula is C21H20BrN3. The average Bonchev–Trinajstić information content (AvgIpc) is 2.89. The van der Waals surface area contributed by atoms with Crippen LogP contribution in [0.3, 0.4) is 0 Å². The summed E-state index contributed by atoms with van der Waals surface area (Å²) >= 11 is 3.59. The summed E-state index contributed by atoms with van der Waals surface area (Å²) in [7, 11) is 0. The van der Waals surface area contributed by atoms with E-state index in [4.69, 9.17) is 9.97 Å². The number of fused-ring (bicyclic) bond motifs is 3. The molecule has 3 aromatic heterocycles. The van der Waals surface area contributed by atoms with E-state index in [0.717, 1.165) is 43.8 Å². The quantitative estimate of drug-likeness (QED) is 0.401. The molecule has 0 atom stereocenters. The number of aryl methyl sites for hydroxylation is 1. The number of hydrogen-bond acceptors (Lipinski definition) is 2. The van der Waals surface area contributed by atoms with E-state index in [9.17, 15) is 0 Å². The zero-order valence-electron chi connectivity index (χ0n) is 14.8. The predicted octanol–water partition coefficient (Wildman–Crippen LogP) is 5.92. The van der Waals surface area contributed by atoms with Gasteiger partial charge in [-0.15, -0.1) is 0 Å². The molecule has 126 valence electrons. The van der Waals surface area contributed by atoms with Crippen LogP contribution in [0.5, 0.6) is 0 Å². The molecule has 0 spiro atoms. The van der Waals surface area contributed by atoms with Gasteiger partial charge in [0.1, 0.15) is 10.3 Å². The fourth-order valence-corrected chi connectivity index (χ4v) is 3.50. The minimum absolute atomic E-state index is 0.0130. The lowest BCUT2D eigenvalue weighted by Gasteiger charge is -2.18. The topological polar surface area (TPSA) is 30.2 Å². The van der Waals surface area contributed by atoms with Crippen molar-refractivity contribution in [2.45, 2.75) is 33.1 Å². The van der Waals surface area contributed by atoms with Crippen molar-refractivity contribution in [3.8, 4) is 11.3 Å². The number of rotatable bonds is 1. The first kappa shape index (κ1) is 16.3. The van der Waals surface area contributed by atoms with Crippen molar-refractivity contribution in [2.75, 3.05) is 0 Å². The van der Waals surface area contributed by atoms with Crippen LogP contribution in [0.2, 0.25) is 0 Å². The summed E-state index contributed by atoms with van der Waals surface area (Å²) < 4.78 is 3.08. The Morgan fingerprint density at radius 3 is 2.36 bits per heavy atom. The van der Waals surface area contributed by atoms with Crippen LogP contribution in [0, 0.1) is 6.92 Å². The highest BCUT2D eigenvalue weighted by atomic mass is 79.9. The number of pyridine rings is 2. The van der Waals surface area contributed by atoms with Gasteiger partial charge in [0.15, 0.2) is 0 Å². The molecule has 4 aromatic rings. The largest absolute Gasteiger partial charge is 0.295 e. The van der Waals surface area contributed by atoms with Crippen LogP contribution in [-0.2, 0) is 5.41 Å². The van der Waals surface area contributed by atoms with Gasteiger partial charge >= 0.3 is 0 Å². The molecule has 0 N–H and O–H groups in total. The van der Waals surface area contributed by atoms with Gasteiger partial charge in [0.05, 0.1) is 16.9 Å². The maximum Gasteiger partial charge on any atom is 0.148 e. The molecule has 0 amide bonds. The van der Waals surface area contributed by atoms with Crippen molar-refractivity contribution in [1.82, 2.24) is 14.4 Å². The Morgan fingerprint density at radius 2 is 1.68 bits per heavy atom. The summed E-state index contributed by atoms with van der Waals surface area (Å²) in [5.41, 5.74) is 6.38. The van der Waals surface area contributed by atoms with Gasteiger partial charge in [-0.3, -0.25) is 9.38 Å². The van der Waals surface area contributed by atoms with Gasteiger partial charge in [-0.2, -0.15) is 0 Å². The second kappa shape index (κ2) is 5.67. The van der Waals surface area contributed by atoms with Crippen molar-refractivity contribution in [2.24, 2.45) is 0 Å². The van der Waals surface area contributed by atoms with Gasteiger partial charge < -0.3 is 0 Å². The first-order valence-electron chi connectivity index (χ1n) is 8.40. The fraction of sp³-hybridized carbons (Fsp3) is 0.238. The molecule has 1 aromatic carbocycles. The van der Waals surface area contributed by atoms with Crippen LogP contribution in [0.25, 0.3) is 27.8 Å². The molecule has 4 rings (SSSR count). The zero-order chi connectivity index (χ0) is 17.8. The number of aromatic nitrogens is 3. The molecule has 0 aliphatic heterocycles. The smallest absolute Gasteiger partial charge is 0.148 e. The Morgan fingerprint density at radius 1 is 0.960 bits per heavy atom. The molecule has 0 radical (unpaired) electrons.